The predicted molar refractivity (Wildman–Crippen MR) is 38.7 cm³/mol. The fraction of sp³-hybridized carbons (Fsp3) is 0.857. The molecule has 0 radical (unpaired) electrons. The summed E-state index contributed by atoms with van der Waals surface area (Å²) < 4.78 is 14.0. The van der Waals surface area contributed by atoms with Crippen LogP contribution in [0.4, 0.5) is 4.79 Å². The van der Waals surface area contributed by atoms with Crippen LogP contribution in [0.25, 0.3) is 0 Å². The van der Waals surface area contributed by atoms with Gasteiger partial charge in [-0.3, -0.25) is 0 Å². The van der Waals surface area contributed by atoms with E-state index in [9.17, 15) is 4.79 Å². The number of hydrogen-bond acceptors (Lipinski definition) is 5. The van der Waals surface area contributed by atoms with Crippen LogP contribution in [0, 0.1) is 0 Å². The van der Waals surface area contributed by atoms with Crippen molar-refractivity contribution in [1.29, 1.82) is 0 Å². The highest BCUT2D eigenvalue weighted by molar-refractivity contribution is 5.59. The molecule has 1 rings (SSSR count). The number of carbonyl (C=O) groups excluding carboxylic acids is 1. The number of aliphatic hydroxyl groups is 1. The third-order valence-corrected chi connectivity index (χ3v) is 1.61. The number of hydrogen-bond donors (Lipinski definition) is 1. The molecule has 1 saturated heterocycles. The quantitative estimate of drug-likeness (QED) is 0.596. The molecule has 5 nitrogen and oxygen atoms in total. The second-order valence-electron chi connectivity index (χ2n) is 2.61. The van der Waals surface area contributed by atoms with E-state index in [2.05, 4.69) is 9.47 Å². The van der Waals surface area contributed by atoms with Crippen LogP contribution in [0.1, 0.15) is 6.42 Å². The highest BCUT2D eigenvalue weighted by atomic mass is 16.7. The number of rotatable bonds is 2. The molecule has 0 spiro atoms. The molecule has 0 aliphatic carbocycles. The van der Waals surface area contributed by atoms with Gasteiger partial charge in [0.15, 0.2) is 0 Å². The monoisotopic (exact) mass is 176 g/mol. The second-order valence-corrected chi connectivity index (χ2v) is 2.61. The van der Waals surface area contributed by atoms with Crippen molar-refractivity contribution in [3.05, 3.63) is 0 Å². The normalized spacial score (nSPS) is 28.5. The topological polar surface area (TPSA) is 65.0 Å². The number of aliphatic hydroxyl groups excluding tert-OH is 1. The van der Waals surface area contributed by atoms with Crippen LogP contribution in [-0.2, 0) is 14.2 Å². The van der Waals surface area contributed by atoms with Gasteiger partial charge in [0, 0.05) is 6.42 Å². The lowest BCUT2D eigenvalue weighted by Gasteiger charge is -2.08. The SMILES string of the molecule is COC(=O)OC[C@@H]1C[C@@H](O)CO1. The fourth-order valence-corrected chi connectivity index (χ4v) is 1.02. The van der Waals surface area contributed by atoms with E-state index in [1.54, 1.807) is 0 Å². The van der Waals surface area contributed by atoms with Crippen molar-refractivity contribution in [2.75, 3.05) is 20.3 Å². The summed E-state index contributed by atoms with van der Waals surface area (Å²) in [6.45, 7) is 0.457. The zero-order chi connectivity index (χ0) is 8.97. The Morgan fingerprint density at radius 1 is 1.75 bits per heavy atom. The summed E-state index contributed by atoms with van der Waals surface area (Å²) in [5, 5.41) is 9.03. The van der Waals surface area contributed by atoms with Gasteiger partial charge < -0.3 is 19.3 Å². The molecule has 0 aromatic carbocycles. The lowest BCUT2D eigenvalue weighted by atomic mass is 10.2. The van der Waals surface area contributed by atoms with Crippen molar-refractivity contribution in [2.45, 2.75) is 18.6 Å². The first kappa shape index (κ1) is 9.28. The minimum atomic E-state index is -0.722. The maximum atomic E-state index is 10.5. The van der Waals surface area contributed by atoms with Gasteiger partial charge in [-0.1, -0.05) is 0 Å². The molecule has 5 heteroatoms. The van der Waals surface area contributed by atoms with Crippen LogP contribution >= 0.6 is 0 Å². The lowest BCUT2D eigenvalue weighted by Crippen LogP contribution is -2.18. The maximum absolute atomic E-state index is 10.5. The van der Waals surface area contributed by atoms with Crippen LogP contribution in [0.15, 0.2) is 0 Å². The zero-order valence-corrected chi connectivity index (χ0v) is 6.86. The highest BCUT2D eigenvalue weighted by Crippen LogP contribution is 2.12. The molecule has 0 saturated carbocycles. The molecule has 1 fully saturated rings. The largest absolute Gasteiger partial charge is 0.508 e. The summed E-state index contributed by atoms with van der Waals surface area (Å²) in [5.41, 5.74) is 0. The molecule has 0 aromatic heterocycles. The summed E-state index contributed by atoms with van der Waals surface area (Å²) in [4.78, 5) is 10.5. The third kappa shape index (κ3) is 2.67. The average molecular weight is 176 g/mol. The fourth-order valence-electron chi connectivity index (χ4n) is 1.02. The van der Waals surface area contributed by atoms with Gasteiger partial charge in [0.1, 0.15) is 6.61 Å². The van der Waals surface area contributed by atoms with Gasteiger partial charge in [0.2, 0.25) is 0 Å². The summed E-state index contributed by atoms with van der Waals surface area (Å²) >= 11 is 0. The van der Waals surface area contributed by atoms with Gasteiger partial charge in [-0.25, -0.2) is 4.79 Å². The first-order chi connectivity index (χ1) is 5.72. The second kappa shape index (κ2) is 4.27. The Labute approximate surface area is 70.2 Å². The van der Waals surface area contributed by atoms with Crippen LogP contribution in [0.2, 0.25) is 0 Å². The van der Waals surface area contributed by atoms with Crippen LogP contribution in [0.5, 0.6) is 0 Å². The van der Waals surface area contributed by atoms with E-state index in [1.165, 1.54) is 7.11 Å². The number of ether oxygens (including phenoxy) is 3. The maximum Gasteiger partial charge on any atom is 0.508 e. The molecular weight excluding hydrogens is 164 g/mol. The standard InChI is InChI=1S/C7H12O5/c1-10-7(9)12-4-6-2-5(8)3-11-6/h5-6,8H,2-4H2,1H3/t5-,6+/m1/s1. The lowest BCUT2D eigenvalue weighted by molar-refractivity contribution is 0.0144. The molecule has 0 bridgehead atoms. The van der Waals surface area contributed by atoms with Crippen molar-refractivity contribution < 1.29 is 24.1 Å². The Kier molecular flexibility index (Phi) is 3.31. The Morgan fingerprint density at radius 2 is 2.50 bits per heavy atom. The molecular formula is C7H12O5. The Hall–Kier alpha value is -0.810. The summed E-state index contributed by atoms with van der Waals surface area (Å²) in [6, 6.07) is 0. The van der Waals surface area contributed by atoms with Crippen LogP contribution in [-0.4, -0.2) is 43.8 Å². The molecule has 2 atom stereocenters. The summed E-state index contributed by atoms with van der Waals surface area (Å²) in [6.07, 6.45) is -0.841. The summed E-state index contributed by atoms with van der Waals surface area (Å²) in [5.74, 6) is 0. The van der Waals surface area contributed by atoms with Gasteiger partial charge in [0.05, 0.1) is 25.9 Å². The van der Waals surface area contributed by atoms with E-state index in [4.69, 9.17) is 9.84 Å². The van der Waals surface area contributed by atoms with E-state index in [0.717, 1.165) is 0 Å². The molecule has 0 unspecified atom stereocenters. The number of methoxy groups -OCH3 is 1. The first-order valence-electron chi connectivity index (χ1n) is 3.72. The molecule has 12 heavy (non-hydrogen) atoms. The van der Waals surface area contributed by atoms with Crippen molar-refractivity contribution in [3.63, 3.8) is 0 Å². The summed E-state index contributed by atoms with van der Waals surface area (Å²) in [7, 11) is 1.24. The highest BCUT2D eigenvalue weighted by Gasteiger charge is 2.24. The van der Waals surface area contributed by atoms with Crippen molar-refractivity contribution in [3.8, 4) is 0 Å². The smallest absolute Gasteiger partial charge is 0.438 e. The molecule has 1 aliphatic heterocycles. The Balaban J connectivity index is 2.11. The molecule has 70 valence electrons. The van der Waals surface area contributed by atoms with Gasteiger partial charge in [-0.2, -0.15) is 0 Å². The van der Waals surface area contributed by atoms with Gasteiger partial charge in [-0.15, -0.1) is 0 Å². The van der Waals surface area contributed by atoms with E-state index in [-0.39, 0.29) is 12.7 Å². The van der Waals surface area contributed by atoms with Crippen LogP contribution in [0.3, 0.4) is 0 Å². The predicted octanol–water partition coefficient (Wildman–Crippen LogP) is -0.0808. The zero-order valence-electron chi connectivity index (χ0n) is 6.86. The van der Waals surface area contributed by atoms with E-state index in [1.807, 2.05) is 0 Å². The Morgan fingerprint density at radius 3 is 3.00 bits per heavy atom. The van der Waals surface area contributed by atoms with E-state index in [0.29, 0.717) is 13.0 Å². The molecule has 0 amide bonds. The van der Waals surface area contributed by atoms with E-state index < -0.39 is 12.3 Å². The van der Waals surface area contributed by atoms with Crippen molar-refractivity contribution >= 4 is 6.16 Å². The Bertz CT molecular complexity index is 158. The van der Waals surface area contributed by atoms with Gasteiger partial charge in [0.25, 0.3) is 0 Å². The number of carbonyl (C=O) groups is 1. The molecule has 0 aromatic rings. The van der Waals surface area contributed by atoms with E-state index >= 15 is 0 Å². The molecule has 1 N–H and O–H groups in total. The van der Waals surface area contributed by atoms with Gasteiger partial charge >= 0.3 is 6.16 Å². The average Bonchev–Trinajstić information content (AvgIpc) is 2.47. The third-order valence-electron chi connectivity index (χ3n) is 1.61. The van der Waals surface area contributed by atoms with Crippen molar-refractivity contribution in [2.24, 2.45) is 0 Å². The minimum Gasteiger partial charge on any atom is -0.438 e. The molecule has 1 aliphatic rings. The minimum absolute atomic E-state index is 0.143. The molecule has 1 heterocycles. The first-order valence-corrected chi connectivity index (χ1v) is 3.72. The van der Waals surface area contributed by atoms with Gasteiger partial charge in [-0.05, 0) is 0 Å². The van der Waals surface area contributed by atoms with Crippen LogP contribution < -0.4 is 0 Å². The van der Waals surface area contributed by atoms with Crippen molar-refractivity contribution in [1.82, 2.24) is 0 Å².